The van der Waals surface area contributed by atoms with E-state index in [-0.39, 0.29) is 0 Å². The molecule has 0 fully saturated rings. The molecule has 3 heteroatoms. The van der Waals surface area contributed by atoms with Crippen molar-refractivity contribution in [3.05, 3.63) is 53.3 Å². The van der Waals surface area contributed by atoms with E-state index in [1.165, 1.54) is 11.1 Å². The summed E-state index contributed by atoms with van der Waals surface area (Å²) in [5, 5.41) is 0. The lowest BCUT2D eigenvalue weighted by Crippen LogP contribution is -2.09. The van der Waals surface area contributed by atoms with Gasteiger partial charge in [-0.1, -0.05) is 19.9 Å². The first-order chi connectivity index (χ1) is 10.2. The van der Waals surface area contributed by atoms with Gasteiger partial charge >= 0.3 is 0 Å². The van der Waals surface area contributed by atoms with Crippen LogP contribution in [0.25, 0.3) is 0 Å². The summed E-state index contributed by atoms with van der Waals surface area (Å²) in [7, 11) is 0. The zero-order valence-corrected chi connectivity index (χ0v) is 13.1. The number of hydrogen-bond donors (Lipinski definition) is 0. The van der Waals surface area contributed by atoms with Crippen molar-refractivity contribution in [1.82, 2.24) is 4.98 Å². The van der Waals surface area contributed by atoms with Crippen LogP contribution in [-0.2, 0) is 12.8 Å². The van der Waals surface area contributed by atoms with Crippen molar-refractivity contribution in [2.75, 3.05) is 13.2 Å². The average Bonchev–Trinajstić information content (AvgIpc) is 2.53. The summed E-state index contributed by atoms with van der Waals surface area (Å²) < 4.78 is 11.3. The van der Waals surface area contributed by atoms with Crippen molar-refractivity contribution >= 4 is 0 Å². The molecule has 2 rings (SSSR count). The second-order valence-electron chi connectivity index (χ2n) is 4.97. The second kappa shape index (κ2) is 7.67. The molecule has 0 saturated carbocycles. The van der Waals surface area contributed by atoms with Gasteiger partial charge in [0.1, 0.15) is 24.7 Å². The van der Waals surface area contributed by atoms with Crippen LogP contribution in [-0.4, -0.2) is 18.2 Å². The Morgan fingerprint density at radius 3 is 2.14 bits per heavy atom. The highest BCUT2D eigenvalue weighted by atomic mass is 16.5. The minimum absolute atomic E-state index is 0.516. The van der Waals surface area contributed by atoms with Gasteiger partial charge in [-0.2, -0.15) is 0 Å². The van der Waals surface area contributed by atoms with Gasteiger partial charge in [0.25, 0.3) is 0 Å². The molecule has 0 saturated heterocycles. The lowest BCUT2D eigenvalue weighted by atomic mass is 10.0. The van der Waals surface area contributed by atoms with Gasteiger partial charge in [-0.25, -0.2) is 0 Å². The minimum atomic E-state index is 0.516. The summed E-state index contributed by atoms with van der Waals surface area (Å²) in [6, 6.07) is 10.2. The van der Waals surface area contributed by atoms with Crippen LogP contribution in [0.15, 0.2) is 36.5 Å². The number of ether oxygens (including phenoxy) is 2. The Morgan fingerprint density at radius 1 is 0.857 bits per heavy atom. The molecule has 0 bridgehead atoms. The number of aryl methyl sites for hydroxylation is 3. The average molecular weight is 285 g/mol. The fourth-order valence-corrected chi connectivity index (χ4v) is 2.22. The zero-order valence-electron chi connectivity index (χ0n) is 13.1. The number of benzene rings is 1. The summed E-state index contributed by atoms with van der Waals surface area (Å²) in [5.74, 6) is 1.69. The molecule has 0 aliphatic heterocycles. The number of rotatable bonds is 7. The third-order valence-corrected chi connectivity index (χ3v) is 3.44. The summed E-state index contributed by atoms with van der Waals surface area (Å²) in [6.45, 7) is 7.35. The Kier molecular flexibility index (Phi) is 5.61. The minimum Gasteiger partial charge on any atom is -0.490 e. The van der Waals surface area contributed by atoms with Crippen molar-refractivity contribution in [2.45, 2.75) is 33.6 Å². The maximum atomic E-state index is 5.75. The highest BCUT2D eigenvalue weighted by Gasteiger charge is 2.02. The van der Waals surface area contributed by atoms with Gasteiger partial charge in [0.2, 0.25) is 0 Å². The lowest BCUT2D eigenvalue weighted by Gasteiger charge is -2.11. The van der Waals surface area contributed by atoms with E-state index in [2.05, 4.69) is 31.0 Å². The molecule has 0 aliphatic rings. The molecule has 0 unspecified atom stereocenters. The highest BCUT2D eigenvalue weighted by molar-refractivity contribution is 5.35. The van der Waals surface area contributed by atoms with Gasteiger partial charge in [0, 0.05) is 5.69 Å². The maximum Gasteiger partial charge on any atom is 0.137 e. The molecule has 0 aliphatic carbocycles. The predicted octanol–water partition coefficient (Wildman–Crippen LogP) is 3.97. The van der Waals surface area contributed by atoms with Gasteiger partial charge < -0.3 is 9.47 Å². The summed E-state index contributed by atoms with van der Waals surface area (Å²) in [5.41, 5.74) is 3.74. The van der Waals surface area contributed by atoms with E-state index in [0.717, 1.165) is 30.0 Å². The third-order valence-electron chi connectivity index (χ3n) is 3.44. The number of pyridine rings is 1. The molecule has 0 spiro atoms. The van der Waals surface area contributed by atoms with E-state index in [1.807, 2.05) is 25.1 Å². The molecule has 1 heterocycles. The van der Waals surface area contributed by atoms with Crippen molar-refractivity contribution in [1.29, 1.82) is 0 Å². The summed E-state index contributed by atoms with van der Waals surface area (Å²) in [4.78, 5) is 4.19. The highest BCUT2D eigenvalue weighted by Crippen LogP contribution is 2.19. The van der Waals surface area contributed by atoms with Crippen LogP contribution in [0.4, 0.5) is 0 Å². The molecule has 2 aromatic rings. The van der Waals surface area contributed by atoms with E-state index in [9.17, 15) is 0 Å². The summed E-state index contributed by atoms with van der Waals surface area (Å²) >= 11 is 0. The van der Waals surface area contributed by atoms with Crippen LogP contribution in [0.5, 0.6) is 11.5 Å². The molecule has 112 valence electrons. The van der Waals surface area contributed by atoms with E-state index < -0.39 is 0 Å². The van der Waals surface area contributed by atoms with Gasteiger partial charge in [-0.3, -0.25) is 4.98 Å². The number of nitrogens with zero attached hydrogens (tertiary/aromatic N) is 1. The third kappa shape index (κ3) is 4.48. The van der Waals surface area contributed by atoms with E-state index >= 15 is 0 Å². The van der Waals surface area contributed by atoms with Crippen molar-refractivity contribution in [3.63, 3.8) is 0 Å². The smallest absolute Gasteiger partial charge is 0.137 e. The van der Waals surface area contributed by atoms with Gasteiger partial charge in [0.05, 0.1) is 6.20 Å². The fourth-order valence-electron chi connectivity index (χ4n) is 2.22. The maximum absolute atomic E-state index is 5.75. The number of aromatic nitrogens is 1. The van der Waals surface area contributed by atoms with Crippen LogP contribution < -0.4 is 9.47 Å². The van der Waals surface area contributed by atoms with Gasteiger partial charge in [0.15, 0.2) is 0 Å². The van der Waals surface area contributed by atoms with E-state index in [4.69, 9.17) is 9.47 Å². The fraction of sp³-hybridized carbons (Fsp3) is 0.389. The first-order valence-electron chi connectivity index (χ1n) is 7.53. The second-order valence-corrected chi connectivity index (χ2v) is 4.97. The molecule has 0 atom stereocenters. The predicted molar refractivity (Wildman–Crippen MR) is 85.2 cm³/mol. The topological polar surface area (TPSA) is 31.4 Å². The molecule has 0 N–H and O–H groups in total. The lowest BCUT2D eigenvalue weighted by molar-refractivity contribution is 0.216. The molecule has 1 aromatic carbocycles. The Balaban J connectivity index is 1.82. The van der Waals surface area contributed by atoms with Crippen LogP contribution >= 0.6 is 0 Å². The standard InChI is InChI=1S/C18H23NO2/c1-4-15-7-9-17(12-16(15)5-2)20-10-11-21-18-8-6-14(3)19-13-18/h6-9,12-13H,4-5,10-11H2,1-3H3. The van der Waals surface area contributed by atoms with Crippen molar-refractivity contribution in [2.24, 2.45) is 0 Å². The monoisotopic (exact) mass is 285 g/mol. The molecule has 0 amide bonds. The Morgan fingerprint density at radius 2 is 1.52 bits per heavy atom. The molecular formula is C18H23NO2. The van der Waals surface area contributed by atoms with Gasteiger partial charge in [-0.05, 0) is 55.2 Å². The SMILES string of the molecule is CCc1ccc(OCCOc2ccc(C)nc2)cc1CC. The van der Waals surface area contributed by atoms with E-state index in [1.54, 1.807) is 6.20 Å². The molecule has 21 heavy (non-hydrogen) atoms. The number of hydrogen-bond acceptors (Lipinski definition) is 3. The normalized spacial score (nSPS) is 10.4. The summed E-state index contributed by atoms with van der Waals surface area (Å²) in [6.07, 6.45) is 3.83. The molecule has 0 radical (unpaired) electrons. The molecule has 1 aromatic heterocycles. The Hall–Kier alpha value is -2.03. The van der Waals surface area contributed by atoms with E-state index in [0.29, 0.717) is 13.2 Å². The van der Waals surface area contributed by atoms with Crippen LogP contribution in [0.1, 0.15) is 30.7 Å². The largest absolute Gasteiger partial charge is 0.490 e. The molecular weight excluding hydrogens is 262 g/mol. The van der Waals surface area contributed by atoms with Crippen LogP contribution in [0.3, 0.4) is 0 Å². The first-order valence-corrected chi connectivity index (χ1v) is 7.53. The van der Waals surface area contributed by atoms with Crippen LogP contribution in [0.2, 0.25) is 0 Å². The van der Waals surface area contributed by atoms with Crippen molar-refractivity contribution in [3.8, 4) is 11.5 Å². The molecule has 3 nitrogen and oxygen atoms in total. The van der Waals surface area contributed by atoms with Gasteiger partial charge in [-0.15, -0.1) is 0 Å². The van der Waals surface area contributed by atoms with Crippen LogP contribution in [0, 0.1) is 6.92 Å². The van der Waals surface area contributed by atoms with Crippen molar-refractivity contribution < 1.29 is 9.47 Å². The Bertz CT molecular complexity index is 564. The quantitative estimate of drug-likeness (QED) is 0.721. The zero-order chi connectivity index (χ0) is 15.1. The Labute approximate surface area is 126 Å². The first kappa shape index (κ1) is 15.4.